The standard InChI is InChI=1S/C14H30N2/c1-5-12-7-6-9-16(13(12)11-15)10-8-14(2,3)4/h12-13H,5-11,15H2,1-4H3. The summed E-state index contributed by atoms with van der Waals surface area (Å²) >= 11 is 0. The maximum Gasteiger partial charge on any atom is 0.0246 e. The number of hydrogen-bond donors (Lipinski definition) is 1. The quantitative estimate of drug-likeness (QED) is 0.798. The van der Waals surface area contributed by atoms with Gasteiger partial charge in [-0.25, -0.2) is 0 Å². The van der Waals surface area contributed by atoms with E-state index in [9.17, 15) is 0 Å². The summed E-state index contributed by atoms with van der Waals surface area (Å²) in [5.74, 6) is 0.832. The van der Waals surface area contributed by atoms with Crippen LogP contribution in [0.5, 0.6) is 0 Å². The zero-order chi connectivity index (χ0) is 12.2. The lowest BCUT2D eigenvalue weighted by atomic mass is 9.85. The molecule has 2 N–H and O–H groups in total. The summed E-state index contributed by atoms with van der Waals surface area (Å²) in [4.78, 5) is 2.64. The predicted molar refractivity (Wildman–Crippen MR) is 71.5 cm³/mol. The van der Waals surface area contributed by atoms with Gasteiger partial charge in [-0.2, -0.15) is 0 Å². The van der Waals surface area contributed by atoms with Crippen LogP contribution >= 0.6 is 0 Å². The van der Waals surface area contributed by atoms with Gasteiger partial charge in [-0.05, 0) is 43.7 Å². The molecule has 0 saturated carbocycles. The molecule has 2 heteroatoms. The van der Waals surface area contributed by atoms with Crippen LogP contribution in [0.1, 0.15) is 53.4 Å². The molecule has 1 saturated heterocycles. The largest absolute Gasteiger partial charge is 0.329 e. The number of nitrogens with two attached hydrogens (primary N) is 1. The first-order valence-electron chi connectivity index (χ1n) is 6.92. The molecule has 1 rings (SSSR count). The third kappa shape index (κ3) is 4.06. The van der Waals surface area contributed by atoms with Crippen LogP contribution in [0.3, 0.4) is 0 Å². The Morgan fingerprint density at radius 3 is 2.50 bits per heavy atom. The molecule has 0 aliphatic carbocycles. The maximum absolute atomic E-state index is 5.96. The van der Waals surface area contributed by atoms with Gasteiger partial charge in [0.2, 0.25) is 0 Å². The van der Waals surface area contributed by atoms with Crippen molar-refractivity contribution < 1.29 is 0 Å². The highest BCUT2D eigenvalue weighted by molar-refractivity contribution is 4.85. The van der Waals surface area contributed by atoms with Gasteiger partial charge in [0, 0.05) is 12.6 Å². The third-order valence-electron chi connectivity index (χ3n) is 3.95. The second-order valence-electron chi connectivity index (χ2n) is 6.46. The highest BCUT2D eigenvalue weighted by Crippen LogP contribution is 2.27. The lowest BCUT2D eigenvalue weighted by Crippen LogP contribution is -2.50. The first-order chi connectivity index (χ1) is 7.48. The van der Waals surface area contributed by atoms with Gasteiger partial charge in [0.15, 0.2) is 0 Å². The second kappa shape index (κ2) is 6.02. The zero-order valence-electron chi connectivity index (χ0n) is 11.6. The Kier molecular flexibility index (Phi) is 5.26. The molecule has 16 heavy (non-hydrogen) atoms. The van der Waals surface area contributed by atoms with E-state index >= 15 is 0 Å². The van der Waals surface area contributed by atoms with E-state index in [0.717, 1.165) is 12.5 Å². The van der Waals surface area contributed by atoms with E-state index in [-0.39, 0.29) is 0 Å². The average molecular weight is 226 g/mol. The number of hydrogen-bond acceptors (Lipinski definition) is 2. The van der Waals surface area contributed by atoms with Gasteiger partial charge in [-0.1, -0.05) is 34.1 Å². The molecule has 0 radical (unpaired) electrons. The molecule has 0 aromatic carbocycles. The van der Waals surface area contributed by atoms with Crippen molar-refractivity contribution in [3.05, 3.63) is 0 Å². The van der Waals surface area contributed by atoms with Crippen molar-refractivity contribution in [3.63, 3.8) is 0 Å². The molecule has 0 amide bonds. The molecule has 1 fully saturated rings. The second-order valence-corrected chi connectivity index (χ2v) is 6.46. The number of rotatable bonds is 4. The monoisotopic (exact) mass is 226 g/mol. The van der Waals surface area contributed by atoms with Crippen molar-refractivity contribution in [3.8, 4) is 0 Å². The topological polar surface area (TPSA) is 29.3 Å². The van der Waals surface area contributed by atoms with E-state index in [1.165, 1.54) is 38.8 Å². The van der Waals surface area contributed by atoms with Crippen molar-refractivity contribution in [1.82, 2.24) is 4.90 Å². The van der Waals surface area contributed by atoms with Gasteiger partial charge in [-0.3, -0.25) is 4.90 Å². The Hall–Kier alpha value is -0.0800. The lowest BCUT2D eigenvalue weighted by molar-refractivity contribution is 0.0838. The van der Waals surface area contributed by atoms with Crippen LogP contribution in [-0.4, -0.2) is 30.6 Å². The van der Waals surface area contributed by atoms with Crippen LogP contribution < -0.4 is 5.73 Å². The minimum Gasteiger partial charge on any atom is -0.329 e. The SMILES string of the molecule is CCC1CCCN(CCC(C)(C)C)C1CN. The Bertz CT molecular complexity index is 195. The smallest absolute Gasteiger partial charge is 0.0246 e. The lowest BCUT2D eigenvalue weighted by Gasteiger charge is -2.41. The third-order valence-corrected chi connectivity index (χ3v) is 3.95. The van der Waals surface area contributed by atoms with Crippen molar-refractivity contribution in [1.29, 1.82) is 0 Å². The van der Waals surface area contributed by atoms with Crippen LogP contribution in [0.2, 0.25) is 0 Å². The molecular formula is C14H30N2. The Labute approximate surface area is 102 Å². The highest BCUT2D eigenvalue weighted by Gasteiger charge is 2.29. The molecule has 96 valence electrons. The van der Waals surface area contributed by atoms with E-state index in [1.54, 1.807) is 0 Å². The molecule has 2 unspecified atom stereocenters. The van der Waals surface area contributed by atoms with Gasteiger partial charge < -0.3 is 5.73 Å². The molecule has 2 atom stereocenters. The summed E-state index contributed by atoms with van der Waals surface area (Å²) in [6.45, 7) is 12.6. The highest BCUT2D eigenvalue weighted by atomic mass is 15.2. The molecule has 0 aromatic rings. The fourth-order valence-electron chi connectivity index (χ4n) is 2.79. The molecule has 0 bridgehead atoms. The fraction of sp³-hybridized carbons (Fsp3) is 1.00. The van der Waals surface area contributed by atoms with Gasteiger partial charge >= 0.3 is 0 Å². The normalized spacial score (nSPS) is 28.3. The summed E-state index contributed by atoms with van der Waals surface area (Å²) in [6.07, 6.45) is 5.30. The van der Waals surface area contributed by atoms with Crippen LogP contribution in [-0.2, 0) is 0 Å². The fourth-order valence-corrected chi connectivity index (χ4v) is 2.79. The number of nitrogens with zero attached hydrogens (tertiary/aromatic N) is 1. The minimum absolute atomic E-state index is 0.443. The molecule has 1 heterocycles. The first-order valence-corrected chi connectivity index (χ1v) is 6.92. The first kappa shape index (κ1) is 14.0. The minimum atomic E-state index is 0.443. The predicted octanol–water partition coefficient (Wildman–Crippen LogP) is 2.87. The summed E-state index contributed by atoms with van der Waals surface area (Å²) in [5.41, 5.74) is 6.40. The van der Waals surface area contributed by atoms with Gasteiger partial charge in [-0.15, -0.1) is 0 Å². The van der Waals surface area contributed by atoms with Crippen molar-refractivity contribution >= 4 is 0 Å². The van der Waals surface area contributed by atoms with Crippen molar-refractivity contribution in [2.45, 2.75) is 59.4 Å². The zero-order valence-corrected chi connectivity index (χ0v) is 11.6. The van der Waals surface area contributed by atoms with E-state index < -0.39 is 0 Å². The van der Waals surface area contributed by atoms with Crippen LogP contribution in [0.15, 0.2) is 0 Å². The summed E-state index contributed by atoms with van der Waals surface area (Å²) in [5, 5.41) is 0. The van der Waals surface area contributed by atoms with E-state index in [1.807, 2.05) is 0 Å². The molecule has 0 spiro atoms. The average Bonchev–Trinajstić information content (AvgIpc) is 2.24. The molecule has 2 nitrogen and oxygen atoms in total. The van der Waals surface area contributed by atoms with Gasteiger partial charge in [0.05, 0.1) is 0 Å². The van der Waals surface area contributed by atoms with Crippen molar-refractivity contribution in [2.24, 2.45) is 17.1 Å². The van der Waals surface area contributed by atoms with E-state index in [2.05, 4.69) is 32.6 Å². The summed E-state index contributed by atoms with van der Waals surface area (Å²) in [7, 11) is 0. The van der Waals surface area contributed by atoms with E-state index in [4.69, 9.17) is 5.73 Å². The van der Waals surface area contributed by atoms with Crippen LogP contribution in [0.25, 0.3) is 0 Å². The molecular weight excluding hydrogens is 196 g/mol. The van der Waals surface area contributed by atoms with Gasteiger partial charge in [0.25, 0.3) is 0 Å². The van der Waals surface area contributed by atoms with Crippen LogP contribution in [0, 0.1) is 11.3 Å². The summed E-state index contributed by atoms with van der Waals surface area (Å²) in [6, 6.07) is 0.640. The number of piperidine rings is 1. The Balaban J connectivity index is 2.49. The number of likely N-dealkylation sites (tertiary alicyclic amines) is 1. The van der Waals surface area contributed by atoms with Crippen molar-refractivity contribution in [2.75, 3.05) is 19.6 Å². The molecule has 1 aliphatic rings. The Morgan fingerprint density at radius 1 is 1.31 bits per heavy atom. The summed E-state index contributed by atoms with van der Waals surface area (Å²) < 4.78 is 0. The Morgan fingerprint density at radius 2 is 2.00 bits per heavy atom. The maximum atomic E-state index is 5.96. The van der Waals surface area contributed by atoms with Gasteiger partial charge in [0.1, 0.15) is 0 Å². The van der Waals surface area contributed by atoms with Crippen LogP contribution in [0.4, 0.5) is 0 Å². The van der Waals surface area contributed by atoms with E-state index in [0.29, 0.717) is 11.5 Å². The molecule has 0 aromatic heterocycles. The molecule has 1 aliphatic heterocycles.